The van der Waals surface area contributed by atoms with Crippen LogP contribution in [0.5, 0.6) is 0 Å². The second-order valence-corrected chi connectivity index (χ2v) is 4.52. The summed E-state index contributed by atoms with van der Waals surface area (Å²) in [6, 6.07) is 4.41. The summed E-state index contributed by atoms with van der Waals surface area (Å²) in [6.07, 6.45) is 0. The topological polar surface area (TPSA) is 20.2 Å². The maximum Gasteiger partial charge on any atom is 0.261 e. The zero-order valence-electron chi connectivity index (χ0n) is 7.55. The van der Waals surface area contributed by atoms with E-state index in [0.717, 1.165) is 0 Å². The molecule has 0 aliphatic heterocycles. The fraction of sp³-hybridized carbons (Fsp3) is 0.400. The zero-order valence-corrected chi connectivity index (χ0v) is 9.06. The van der Waals surface area contributed by atoms with Crippen molar-refractivity contribution in [1.82, 2.24) is 0 Å². The van der Waals surface area contributed by atoms with Crippen LogP contribution in [0.4, 0.5) is 8.78 Å². The van der Waals surface area contributed by atoms with Gasteiger partial charge in [-0.2, -0.15) is 0 Å². The number of alkyl halides is 2. The van der Waals surface area contributed by atoms with Gasteiger partial charge < -0.3 is 5.11 Å². The van der Waals surface area contributed by atoms with Gasteiger partial charge >= 0.3 is 0 Å². The highest BCUT2D eigenvalue weighted by Gasteiger charge is 2.68. The molecular weight excluding hydrogens is 245 g/mol. The molecule has 0 unspecified atom stereocenters. The largest absolute Gasteiger partial charge is 0.396 e. The third-order valence-corrected chi connectivity index (χ3v) is 3.08. The molecule has 0 radical (unpaired) electrons. The maximum atomic E-state index is 13.2. The van der Waals surface area contributed by atoms with Gasteiger partial charge in [-0.1, -0.05) is 23.2 Å². The van der Waals surface area contributed by atoms with Crippen LogP contribution in [0.3, 0.4) is 0 Å². The average molecular weight is 253 g/mol. The summed E-state index contributed by atoms with van der Waals surface area (Å²) in [4.78, 5) is 0. The van der Waals surface area contributed by atoms with Crippen molar-refractivity contribution in [3.05, 3.63) is 33.8 Å². The van der Waals surface area contributed by atoms with Crippen molar-refractivity contribution in [2.45, 2.75) is 11.8 Å². The van der Waals surface area contributed by atoms with Crippen LogP contribution < -0.4 is 0 Å². The van der Waals surface area contributed by atoms with Crippen LogP contribution >= 0.6 is 23.2 Å². The Labute approximate surface area is 95.6 Å². The summed E-state index contributed by atoms with van der Waals surface area (Å²) in [5.41, 5.74) is 0.386. The van der Waals surface area contributed by atoms with Crippen molar-refractivity contribution < 1.29 is 13.9 Å². The van der Waals surface area contributed by atoms with Gasteiger partial charge in [0.25, 0.3) is 5.92 Å². The molecule has 0 saturated heterocycles. The van der Waals surface area contributed by atoms with Crippen molar-refractivity contribution in [2.24, 2.45) is 5.92 Å². The molecule has 1 aliphatic carbocycles. The minimum absolute atomic E-state index is 0.330. The lowest BCUT2D eigenvalue weighted by Crippen LogP contribution is -1.97. The molecular formula is C10H8Cl2F2O. The highest BCUT2D eigenvalue weighted by molar-refractivity contribution is 6.34. The first kappa shape index (κ1) is 11.1. The van der Waals surface area contributed by atoms with Gasteiger partial charge in [0.15, 0.2) is 0 Å². The molecule has 0 amide bonds. The Morgan fingerprint density at radius 1 is 1.20 bits per heavy atom. The van der Waals surface area contributed by atoms with E-state index in [1.807, 2.05) is 0 Å². The second kappa shape index (κ2) is 3.58. The van der Waals surface area contributed by atoms with Crippen LogP contribution in [0.15, 0.2) is 18.2 Å². The van der Waals surface area contributed by atoms with Crippen LogP contribution in [0.2, 0.25) is 10.0 Å². The molecule has 5 heteroatoms. The molecule has 1 saturated carbocycles. The Kier molecular flexibility index (Phi) is 2.65. The highest BCUT2D eigenvalue weighted by atomic mass is 35.5. The molecule has 0 aromatic heterocycles. The van der Waals surface area contributed by atoms with Crippen LogP contribution in [0, 0.1) is 5.92 Å². The molecule has 1 nitrogen and oxygen atoms in total. The van der Waals surface area contributed by atoms with E-state index in [1.54, 1.807) is 0 Å². The Balaban J connectivity index is 2.32. The SMILES string of the molecule is OC[C@H]1[C@H](c2cc(Cl)cc(Cl)c2)C1(F)F. The Bertz CT molecular complexity index is 375. The lowest BCUT2D eigenvalue weighted by Gasteiger charge is -2.01. The van der Waals surface area contributed by atoms with Crippen molar-refractivity contribution in [3.8, 4) is 0 Å². The third kappa shape index (κ3) is 1.84. The normalized spacial score (nSPS) is 27.8. The van der Waals surface area contributed by atoms with E-state index in [-0.39, 0.29) is 0 Å². The van der Waals surface area contributed by atoms with Crippen LogP contribution in [-0.4, -0.2) is 17.6 Å². The smallest absolute Gasteiger partial charge is 0.261 e. The van der Waals surface area contributed by atoms with E-state index >= 15 is 0 Å². The monoisotopic (exact) mass is 252 g/mol. The molecule has 0 heterocycles. The van der Waals surface area contributed by atoms with E-state index < -0.39 is 24.4 Å². The minimum atomic E-state index is -2.84. The number of rotatable bonds is 2. The fourth-order valence-corrected chi connectivity index (χ4v) is 2.37. The third-order valence-electron chi connectivity index (χ3n) is 2.64. The van der Waals surface area contributed by atoms with Gasteiger partial charge in [0.1, 0.15) is 0 Å². The predicted octanol–water partition coefficient (Wildman–Crippen LogP) is 3.33. The first-order chi connectivity index (χ1) is 6.96. The quantitative estimate of drug-likeness (QED) is 0.856. The van der Waals surface area contributed by atoms with Gasteiger partial charge in [0.2, 0.25) is 0 Å². The first-order valence-corrected chi connectivity index (χ1v) is 5.17. The van der Waals surface area contributed by atoms with Crippen molar-refractivity contribution in [1.29, 1.82) is 0 Å². The number of benzene rings is 1. The number of aliphatic hydroxyl groups excluding tert-OH is 1. The molecule has 0 bridgehead atoms. The average Bonchev–Trinajstić information content (AvgIpc) is 2.66. The van der Waals surface area contributed by atoms with E-state index in [4.69, 9.17) is 28.3 Å². The predicted molar refractivity (Wildman–Crippen MR) is 54.7 cm³/mol. The zero-order chi connectivity index (χ0) is 11.2. The summed E-state index contributed by atoms with van der Waals surface area (Å²) < 4.78 is 26.3. The molecule has 1 aliphatic rings. The van der Waals surface area contributed by atoms with Gasteiger partial charge in [-0.25, -0.2) is 8.78 Å². The first-order valence-electron chi connectivity index (χ1n) is 4.41. The molecule has 1 N–H and O–H groups in total. The lowest BCUT2D eigenvalue weighted by molar-refractivity contribution is 0.0785. The van der Waals surface area contributed by atoms with E-state index in [2.05, 4.69) is 0 Å². The second-order valence-electron chi connectivity index (χ2n) is 3.64. The minimum Gasteiger partial charge on any atom is -0.396 e. The summed E-state index contributed by atoms with van der Waals surface area (Å²) in [6.45, 7) is -0.526. The Morgan fingerprint density at radius 2 is 1.73 bits per heavy atom. The number of aliphatic hydroxyl groups is 1. The summed E-state index contributed by atoms with van der Waals surface area (Å²) in [7, 11) is 0. The van der Waals surface area contributed by atoms with E-state index in [1.165, 1.54) is 18.2 Å². The summed E-state index contributed by atoms with van der Waals surface area (Å²) in [5.74, 6) is -4.81. The van der Waals surface area contributed by atoms with E-state index in [9.17, 15) is 8.78 Å². The number of hydrogen-bond donors (Lipinski definition) is 1. The molecule has 1 fully saturated rings. The Hall–Kier alpha value is -0.380. The van der Waals surface area contributed by atoms with Crippen molar-refractivity contribution >= 4 is 23.2 Å². The van der Waals surface area contributed by atoms with Crippen LogP contribution in [0.25, 0.3) is 0 Å². The fourth-order valence-electron chi connectivity index (χ4n) is 1.83. The molecule has 15 heavy (non-hydrogen) atoms. The van der Waals surface area contributed by atoms with Gasteiger partial charge in [0.05, 0.1) is 18.4 Å². The maximum absolute atomic E-state index is 13.2. The van der Waals surface area contributed by atoms with Gasteiger partial charge in [-0.3, -0.25) is 0 Å². The molecule has 2 atom stereocenters. The molecule has 82 valence electrons. The van der Waals surface area contributed by atoms with Crippen LogP contribution in [0.1, 0.15) is 11.5 Å². The Morgan fingerprint density at radius 3 is 2.13 bits per heavy atom. The van der Waals surface area contributed by atoms with E-state index in [0.29, 0.717) is 15.6 Å². The van der Waals surface area contributed by atoms with Crippen LogP contribution in [-0.2, 0) is 0 Å². The summed E-state index contributed by atoms with van der Waals surface area (Å²) in [5, 5.41) is 9.43. The molecule has 0 spiro atoms. The summed E-state index contributed by atoms with van der Waals surface area (Å²) >= 11 is 11.4. The molecule has 1 aromatic carbocycles. The van der Waals surface area contributed by atoms with Gasteiger partial charge in [0, 0.05) is 10.0 Å². The van der Waals surface area contributed by atoms with Crippen molar-refractivity contribution in [3.63, 3.8) is 0 Å². The van der Waals surface area contributed by atoms with Gasteiger partial charge in [-0.15, -0.1) is 0 Å². The standard InChI is InChI=1S/C10H8Cl2F2O/c11-6-1-5(2-7(12)3-6)9-8(4-15)10(9,13)14/h1-3,8-9,15H,4H2/t8-,9-/m0/s1. The lowest BCUT2D eigenvalue weighted by atomic mass is 10.1. The molecule has 2 rings (SSSR count). The molecule has 1 aromatic rings. The van der Waals surface area contributed by atoms with Crippen molar-refractivity contribution in [2.75, 3.05) is 6.61 Å². The highest BCUT2D eigenvalue weighted by Crippen LogP contribution is 2.61. The number of halogens is 4. The van der Waals surface area contributed by atoms with Gasteiger partial charge in [-0.05, 0) is 23.8 Å². The number of hydrogen-bond acceptors (Lipinski definition) is 1.